The molecule has 0 atom stereocenters. The van der Waals surface area contributed by atoms with Crippen LogP contribution in [-0.2, 0) is 22.6 Å². The third-order valence-corrected chi connectivity index (χ3v) is 6.91. The van der Waals surface area contributed by atoms with E-state index in [-0.39, 0.29) is 22.7 Å². The smallest absolute Gasteiger partial charge is 0.356 e. The number of halogens is 3. The van der Waals surface area contributed by atoms with Gasteiger partial charge in [-0.25, -0.2) is 8.42 Å². The maximum atomic E-state index is 13.7. The van der Waals surface area contributed by atoms with E-state index in [1.807, 2.05) is 0 Å². The number of nitrogens with one attached hydrogen (secondary N) is 1. The molecule has 2 aromatic heterocycles. The molecule has 0 radical (unpaired) electrons. The lowest BCUT2D eigenvalue weighted by Crippen LogP contribution is -2.35. The molecule has 0 aliphatic carbocycles. The molecule has 2 aromatic carbocycles. The highest BCUT2D eigenvalue weighted by Crippen LogP contribution is 2.33. The van der Waals surface area contributed by atoms with Gasteiger partial charge in [0.05, 0.1) is 22.7 Å². The summed E-state index contributed by atoms with van der Waals surface area (Å²) in [6.45, 7) is 3.06. The Labute approximate surface area is 215 Å². The van der Waals surface area contributed by atoms with Crippen molar-refractivity contribution in [1.82, 2.24) is 10.1 Å². The first kappa shape index (κ1) is 26.9. The zero-order valence-corrected chi connectivity index (χ0v) is 21.3. The number of alkyl halides is 3. The van der Waals surface area contributed by atoms with E-state index in [0.29, 0.717) is 28.3 Å². The maximum absolute atomic E-state index is 13.7. The number of aromatic nitrogens is 2. The van der Waals surface area contributed by atoms with Gasteiger partial charge in [-0.1, -0.05) is 23.4 Å². The van der Waals surface area contributed by atoms with Crippen LogP contribution in [0.2, 0.25) is 0 Å². The number of nitrogens with zero attached hydrogens (tertiary/aromatic N) is 2. The predicted octanol–water partition coefficient (Wildman–Crippen LogP) is 4.92. The summed E-state index contributed by atoms with van der Waals surface area (Å²) >= 11 is 0. The van der Waals surface area contributed by atoms with E-state index in [1.54, 1.807) is 19.9 Å². The highest BCUT2D eigenvalue weighted by Gasteiger charge is 2.32. The average molecular weight is 546 g/mol. The van der Waals surface area contributed by atoms with Gasteiger partial charge in [0, 0.05) is 29.3 Å². The number of carbonyl (C=O) groups excluding carboxylic acids is 1. The summed E-state index contributed by atoms with van der Waals surface area (Å²) in [6.07, 6.45) is -3.63. The zero-order chi connectivity index (χ0) is 27.8. The number of rotatable bonds is 6. The molecule has 8 nitrogen and oxygen atoms in total. The SMILES string of the molecule is Cc1cc(-c2cc(C(=O)N(Cc3ccc(S(C)(=O)=O)cc3)c3cccc(C(F)(F)F)c3)c(=O)[nH]c2C)on1. The molecule has 12 heteroatoms. The van der Waals surface area contributed by atoms with E-state index in [0.717, 1.165) is 29.4 Å². The molecular weight excluding hydrogens is 523 g/mol. The quantitative estimate of drug-likeness (QED) is 0.368. The van der Waals surface area contributed by atoms with Gasteiger partial charge in [-0.3, -0.25) is 9.59 Å². The highest BCUT2D eigenvalue weighted by molar-refractivity contribution is 7.90. The minimum atomic E-state index is -4.67. The van der Waals surface area contributed by atoms with Crippen molar-refractivity contribution in [2.75, 3.05) is 11.2 Å². The number of aromatic amines is 1. The largest absolute Gasteiger partial charge is 0.416 e. The van der Waals surface area contributed by atoms with E-state index in [9.17, 15) is 31.2 Å². The molecule has 2 heterocycles. The number of aryl methyl sites for hydroxylation is 2. The number of hydrogen-bond donors (Lipinski definition) is 1. The molecule has 0 unspecified atom stereocenters. The van der Waals surface area contributed by atoms with Crippen LogP contribution in [0, 0.1) is 13.8 Å². The van der Waals surface area contributed by atoms with Gasteiger partial charge in [0.15, 0.2) is 15.6 Å². The Kier molecular flexibility index (Phi) is 7.02. The fourth-order valence-corrected chi connectivity index (χ4v) is 4.46. The third-order valence-electron chi connectivity index (χ3n) is 5.78. The zero-order valence-electron chi connectivity index (χ0n) is 20.5. The summed E-state index contributed by atoms with van der Waals surface area (Å²) in [4.78, 5) is 30.2. The van der Waals surface area contributed by atoms with Gasteiger partial charge in [-0.2, -0.15) is 13.2 Å². The topological polar surface area (TPSA) is 113 Å². The van der Waals surface area contributed by atoms with E-state index >= 15 is 0 Å². The lowest BCUT2D eigenvalue weighted by molar-refractivity contribution is -0.137. The molecule has 0 spiro atoms. The van der Waals surface area contributed by atoms with Crippen molar-refractivity contribution >= 4 is 21.4 Å². The molecule has 1 N–H and O–H groups in total. The van der Waals surface area contributed by atoms with Crippen molar-refractivity contribution in [3.05, 3.63) is 99.1 Å². The van der Waals surface area contributed by atoms with Crippen LogP contribution in [0.1, 0.15) is 32.9 Å². The van der Waals surface area contributed by atoms with Crippen molar-refractivity contribution < 1.29 is 30.9 Å². The second-order valence-corrected chi connectivity index (χ2v) is 10.8. The molecule has 38 heavy (non-hydrogen) atoms. The van der Waals surface area contributed by atoms with Crippen molar-refractivity contribution in [3.63, 3.8) is 0 Å². The van der Waals surface area contributed by atoms with Gasteiger partial charge in [-0.15, -0.1) is 0 Å². The molecule has 0 saturated carbocycles. The van der Waals surface area contributed by atoms with E-state index in [2.05, 4.69) is 10.1 Å². The van der Waals surface area contributed by atoms with Gasteiger partial charge in [0.2, 0.25) is 0 Å². The fraction of sp³-hybridized carbons (Fsp3) is 0.192. The van der Waals surface area contributed by atoms with E-state index in [4.69, 9.17) is 4.52 Å². The summed E-state index contributed by atoms with van der Waals surface area (Å²) < 4.78 is 69.3. The van der Waals surface area contributed by atoms with Gasteiger partial charge < -0.3 is 14.4 Å². The van der Waals surface area contributed by atoms with E-state index in [1.165, 1.54) is 36.4 Å². The molecule has 0 fully saturated rings. The molecule has 1 amide bonds. The number of amides is 1. The van der Waals surface area contributed by atoms with Crippen LogP contribution < -0.4 is 10.5 Å². The van der Waals surface area contributed by atoms with Crippen molar-refractivity contribution in [2.45, 2.75) is 31.5 Å². The lowest BCUT2D eigenvalue weighted by Gasteiger charge is -2.24. The predicted molar refractivity (Wildman–Crippen MR) is 134 cm³/mol. The Hall–Kier alpha value is -4.19. The Morgan fingerprint density at radius 1 is 1.05 bits per heavy atom. The van der Waals surface area contributed by atoms with Gasteiger partial charge in [0.25, 0.3) is 11.5 Å². The number of pyridine rings is 1. The van der Waals surface area contributed by atoms with Crippen molar-refractivity contribution in [2.24, 2.45) is 0 Å². The maximum Gasteiger partial charge on any atom is 0.416 e. The summed E-state index contributed by atoms with van der Waals surface area (Å²) in [6, 6.07) is 12.7. The Balaban J connectivity index is 1.82. The Morgan fingerprint density at radius 2 is 1.74 bits per heavy atom. The number of hydrogen-bond acceptors (Lipinski definition) is 6. The first-order valence-corrected chi connectivity index (χ1v) is 13.1. The van der Waals surface area contributed by atoms with Gasteiger partial charge in [-0.05, 0) is 55.8 Å². The number of benzene rings is 2. The van der Waals surface area contributed by atoms with Crippen LogP contribution in [0.15, 0.2) is 74.9 Å². The number of carbonyl (C=O) groups is 1. The Morgan fingerprint density at radius 3 is 2.32 bits per heavy atom. The second-order valence-electron chi connectivity index (χ2n) is 8.74. The first-order valence-electron chi connectivity index (χ1n) is 11.2. The lowest BCUT2D eigenvalue weighted by atomic mass is 10.1. The van der Waals surface area contributed by atoms with E-state index < -0.39 is 33.0 Å². The molecule has 4 rings (SSSR count). The van der Waals surface area contributed by atoms with Crippen LogP contribution >= 0.6 is 0 Å². The monoisotopic (exact) mass is 545 g/mol. The first-order chi connectivity index (χ1) is 17.7. The molecule has 0 saturated heterocycles. The number of H-pyrrole nitrogens is 1. The van der Waals surface area contributed by atoms with Crippen LogP contribution in [-0.4, -0.2) is 30.7 Å². The van der Waals surface area contributed by atoms with Crippen molar-refractivity contribution in [3.8, 4) is 11.3 Å². The minimum Gasteiger partial charge on any atom is -0.356 e. The van der Waals surface area contributed by atoms with Gasteiger partial charge in [0.1, 0.15) is 5.56 Å². The normalized spacial score (nSPS) is 11.9. The van der Waals surface area contributed by atoms with Crippen LogP contribution in [0.5, 0.6) is 0 Å². The molecule has 0 aliphatic heterocycles. The summed E-state index contributed by atoms with van der Waals surface area (Å²) in [7, 11) is -3.49. The third kappa shape index (κ3) is 5.70. The van der Waals surface area contributed by atoms with Crippen LogP contribution in [0.3, 0.4) is 0 Å². The standard InChI is InChI=1S/C26H22F3N3O5S/c1-15-11-23(37-31-15)21-13-22(24(33)30-16(21)2)25(34)32(19-6-4-5-18(12-19)26(27,28)29)14-17-7-9-20(10-8-17)38(3,35)36/h4-13H,14H2,1-3H3,(H,30,33). The highest BCUT2D eigenvalue weighted by atomic mass is 32.2. The molecule has 0 bridgehead atoms. The number of anilines is 1. The summed E-state index contributed by atoms with van der Waals surface area (Å²) in [5.41, 5.74) is -0.356. The number of sulfone groups is 1. The van der Waals surface area contributed by atoms with Crippen molar-refractivity contribution in [1.29, 1.82) is 0 Å². The molecule has 0 aliphatic rings. The Bertz CT molecular complexity index is 1670. The summed E-state index contributed by atoms with van der Waals surface area (Å²) in [5.74, 6) is -0.567. The molecular formula is C26H22F3N3O5S. The van der Waals surface area contributed by atoms with Crippen LogP contribution in [0.25, 0.3) is 11.3 Å². The summed E-state index contributed by atoms with van der Waals surface area (Å²) in [5, 5.41) is 3.81. The van der Waals surface area contributed by atoms with Crippen LogP contribution in [0.4, 0.5) is 18.9 Å². The minimum absolute atomic E-state index is 0.0418. The second kappa shape index (κ2) is 9.93. The molecule has 198 valence electrons. The van der Waals surface area contributed by atoms with Gasteiger partial charge >= 0.3 is 6.18 Å². The molecule has 4 aromatic rings. The fourth-order valence-electron chi connectivity index (χ4n) is 3.83. The average Bonchev–Trinajstić information content (AvgIpc) is 3.27.